The second-order valence-corrected chi connectivity index (χ2v) is 9.22. The lowest BCUT2D eigenvalue weighted by Gasteiger charge is -2.39. The number of amides is 1. The highest BCUT2D eigenvalue weighted by Crippen LogP contribution is 2.29. The van der Waals surface area contributed by atoms with Gasteiger partial charge in [-0.2, -0.15) is 0 Å². The monoisotopic (exact) mass is 434 g/mol. The Labute approximate surface area is 185 Å². The second-order valence-electron chi connectivity index (χ2n) is 8.27. The van der Waals surface area contributed by atoms with E-state index in [9.17, 15) is 4.79 Å². The van der Waals surface area contributed by atoms with E-state index in [-0.39, 0.29) is 24.5 Å². The van der Waals surface area contributed by atoms with E-state index in [1.807, 2.05) is 29.0 Å². The Kier molecular flexibility index (Phi) is 5.40. The Hall–Kier alpha value is -2.87. The van der Waals surface area contributed by atoms with Crippen molar-refractivity contribution in [3.05, 3.63) is 54.4 Å². The van der Waals surface area contributed by atoms with Crippen LogP contribution in [0, 0.1) is 0 Å². The normalized spacial score (nSPS) is 19.4. The smallest absolute Gasteiger partial charge is 0.243 e. The van der Waals surface area contributed by atoms with Gasteiger partial charge in [0.1, 0.15) is 6.54 Å². The number of pyridine rings is 1. The third-order valence-electron chi connectivity index (χ3n) is 6.14. The third kappa shape index (κ3) is 3.69. The molecule has 1 aromatic carbocycles. The lowest BCUT2D eigenvalue weighted by atomic mass is 9.97. The maximum atomic E-state index is 13.3. The third-order valence-corrected chi connectivity index (χ3v) is 7.14. The fourth-order valence-electron chi connectivity index (χ4n) is 4.65. The Balaban J connectivity index is 1.49. The number of imidazole rings is 1. The highest BCUT2D eigenvalue weighted by Gasteiger charge is 2.30. The molecule has 160 valence electrons. The molecule has 0 aliphatic carbocycles. The summed E-state index contributed by atoms with van der Waals surface area (Å²) < 4.78 is 4.07. The van der Waals surface area contributed by atoms with E-state index in [1.165, 1.54) is 6.42 Å². The van der Waals surface area contributed by atoms with Crippen LogP contribution in [0.2, 0.25) is 0 Å². The number of rotatable bonds is 5. The van der Waals surface area contributed by atoms with Crippen LogP contribution in [0.3, 0.4) is 0 Å². The molecule has 3 aromatic heterocycles. The number of nitrogens with zero attached hydrogens (tertiary/aromatic N) is 6. The number of fused-ring (bicyclic) bond motifs is 3. The minimum Gasteiger partial charge on any atom is -0.336 e. The summed E-state index contributed by atoms with van der Waals surface area (Å²) in [6, 6.07) is 12.7. The molecule has 0 bridgehead atoms. The molecule has 2 atom stereocenters. The van der Waals surface area contributed by atoms with Crippen molar-refractivity contribution in [2.45, 2.75) is 62.6 Å². The van der Waals surface area contributed by atoms with Gasteiger partial charge in [-0.15, -0.1) is 10.2 Å². The molecule has 0 spiro atoms. The van der Waals surface area contributed by atoms with E-state index < -0.39 is 0 Å². The van der Waals surface area contributed by atoms with Gasteiger partial charge in [0.25, 0.3) is 0 Å². The molecule has 1 aliphatic rings. The van der Waals surface area contributed by atoms with Crippen molar-refractivity contribution in [2.75, 3.05) is 0 Å². The van der Waals surface area contributed by atoms with E-state index >= 15 is 0 Å². The summed E-state index contributed by atoms with van der Waals surface area (Å²) >= 11 is 1.63. The average Bonchev–Trinajstić information content (AvgIpc) is 3.32. The lowest BCUT2D eigenvalue weighted by Crippen LogP contribution is -2.48. The van der Waals surface area contributed by atoms with E-state index in [0.717, 1.165) is 40.3 Å². The SMILES string of the molecule is C[C@@H]1CCC[C@@H](C)N1C(=O)Cn1c2ccccc2n2c(SCc3cccnc3)nnc12. The van der Waals surface area contributed by atoms with Crippen molar-refractivity contribution in [2.24, 2.45) is 0 Å². The van der Waals surface area contributed by atoms with Crippen LogP contribution in [0.1, 0.15) is 38.7 Å². The highest BCUT2D eigenvalue weighted by atomic mass is 32.2. The van der Waals surface area contributed by atoms with Gasteiger partial charge in [-0.05, 0) is 56.9 Å². The summed E-state index contributed by atoms with van der Waals surface area (Å²) in [5, 5.41) is 9.73. The topological polar surface area (TPSA) is 68.3 Å². The number of carbonyl (C=O) groups is 1. The number of benzene rings is 1. The Morgan fingerprint density at radius 1 is 1.06 bits per heavy atom. The molecule has 0 saturated carbocycles. The number of hydrogen-bond donors (Lipinski definition) is 0. The van der Waals surface area contributed by atoms with Crippen LogP contribution >= 0.6 is 11.8 Å². The molecule has 4 heterocycles. The second kappa shape index (κ2) is 8.34. The maximum absolute atomic E-state index is 13.3. The zero-order valence-electron chi connectivity index (χ0n) is 17.8. The summed E-state index contributed by atoms with van der Waals surface area (Å²) in [4.78, 5) is 19.6. The van der Waals surface area contributed by atoms with Crippen molar-refractivity contribution in [3.63, 3.8) is 0 Å². The van der Waals surface area contributed by atoms with Gasteiger partial charge in [-0.25, -0.2) is 0 Å². The van der Waals surface area contributed by atoms with Crippen molar-refractivity contribution in [1.29, 1.82) is 0 Å². The Bertz CT molecular complexity index is 1210. The van der Waals surface area contributed by atoms with Gasteiger partial charge in [0.05, 0.1) is 11.0 Å². The van der Waals surface area contributed by atoms with E-state index in [2.05, 4.69) is 56.5 Å². The van der Waals surface area contributed by atoms with E-state index in [0.29, 0.717) is 5.78 Å². The lowest BCUT2D eigenvalue weighted by molar-refractivity contribution is -0.137. The molecular weight excluding hydrogens is 408 g/mol. The van der Waals surface area contributed by atoms with Gasteiger partial charge in [-0.1, -0.05) is 30.0 Å². The van der Waals surface area contributed by atoms with Crippen molar-refractivity contribution in [1.82, 2.24) is 29.0 Å². The molecule has 7 nitrogen and oxygen atoms in total. The molecule has 1 saturated heterocycles. The highest BCUT2D eigenvalue weighted by molar-refractivity contribution is 7.98. The number of hydrogen-bond acceptors (Lipinski definition) is 5. The molecule has 4 aromatic rings. The molecule has 5 rings (SSSR count). The molecule has 0 radical (unpaired) electrons. The van der Waals surface area contributed by atoms with Gasteiger partial charge in [-0.3, -0.25) is 18.7 Å². The van der Waals surface area contributed by atoms with Crippen molar-refractivity contribution >= 4 is 34.5 Å². The van der Waals surface area contributed by atoms with Crippen molar-refractivity contribution < 1.29 is 4.79 Å². The summed E-state index contributed by atoms with van der Waals surface area (Å²) in [6.45, 7) is 4.58. The van der Waals surface area contributed by atoms with Crippen LogP contribution in [0.4, 0.5) is 0 Å². The summed E-state index contributed by atoms with van der Waals surface area (Å²) in [5.74, 6) is 1.62. The fraction of sp³-hybridized carbons (Fsp3) is 0.391. The number of thioether (sulfide) groups is 1. The van der Waals surface area contributed by atoms with Crippen molar-refractivity contribution in [3.8, 4) is 0 Å². The summed E-state index contributed by atoms with van der Waals surface area (Å²) in [7, 11) is 0. The van der Waals surface area contributed by atoms with Crippen LogP contribution in [-0.2, 0) is 17.1 Å². The first-order chi connectivity index (χ1) is 15.1. The zero-order chi connectivity index (χ0) is 21.4. The molecule has 1 aliphatic heterocycles. The first-order valence-corrected chi connectivity index (χ1v) is 11.8. The van der Waals surface area contributed by atoms with E-state index in [4.69, 9.17) is 0 Å². The molecular formula is C23H26N6OS. The van der Waals surface area contributed by atoms with Crippen LogP contribution in [-0.4, -0.2) is 47.0 Å². The zero-order valence-corrected chi connectivity index (χ0v) is 18.6. The average molecular weight is 435 g/mol. The minimum atomic E-state index is 0.149. The molecule has 1 amide bonds. The Morgan fingerprint density at radius 3 is 2.58 bits per heavy atom. The number of carbonyl (C=O) groups excluding carboxylic acids is 1. The fourth-order valence-corrected chi connectivity index (χ4v) is 5.52. The van der Waals surface area contributed by atoms with Gasteiger partial charge in [0, 0.05) is 30.2 Å². The molecule has 8 heteroatoms. The quantitative estimate of drug-likeness (QED) is 0.441. The van der Waals surface area contributed by atoms with Gasteiger partial charge in [0.2, 0.25) is 11.7 Å². The molecule has 0 N–H and O–H groups in total. The number of likely N-dealkylation sites (tertiary alicyclic amines) is 1. The van der Waals surface area contributed by atoms with Gasteiger partial charge in [0.15, 0.2) is 5.16 Å². The molecule has 1 fully saturated rings. The number of para-hydroxylation sites is 2. The van der Waals surface area contributed by atoms with E-state index in [1.54, 1.807) is 18.0 Å². The van der Waals surface area contributed by atoms with Crippen LogP contribution in [0.5, 0.6) is 0 Å². The van der Waals surface area contributed by atoms with Gasteiger partial charge >= 0.3 is 0 Å². The largest absolute Gasteiger partial charge is 0.336 e. The van der Waals surface area contributed by atoms with Crippen LogP contribution in [0.15, 0.2) is 53.9 Å². The Morgan fingerprint density at radius 2 is 1.84 bits per heavy atom. The molecule has 0 unspecified atom stereocenters. The summed E-state index contributed by atoms with van der Waals surface area (Å²) in [6.07, 6.45) is 6.97. The van der Waals surface area contributed by atoms with Crippen LogP contribution < -0.4 is 0 Å². The predicted molar refractivity (Wildman–Crippen MR) is 122 cm³/mol. The predicted octanol–water partition coefficient (Wildman–Crippen LogP) is 4.16. The molecule has 31 heavy (non-hydrogen) atoms. The van der Waals surface area contributed by atoms with Crippen LogP contribution in [0.25, 0.3) is 16.8 Å². The first kappa shape index (κ1) is 20.1. The maximum Gasteiger partial charge on any atom is 0.243 e. The van der Waals surface area contributed by atoms with Gasteiger partial charge < -0.3 is 4.90 Å². The first-order valence-electron chi connectivity index (χ1n) is 10.8. The minimum absolute atomic E-state index is 0.149. The number of piperidine rings is 1. The standard InChI is InChI=1S/C23H26N6OS/c1-16-7-5-8-17(2)28(16)21(30)14-27-19-10-3-4-11-20(19)29-22(27)25-26-23(29)31-15-18-9-6-12-24-13-18/h3-4,6,9-13,16-17H,5,7-8,14-15H2,1-2H3/t16-,17-/m1/s1. The number of aromatic nitrogens is 5. The summed E-state index contributed by atoms with van der Waals surface area (Å²) in [5.41, 5.74) is 3.15.